The first-order valence-electron chi connectivity index (χ1n) is 6.51. The van der Waals surface area contributed by atoms with E-state index in [9.17, 15) is 4.79 Å². The Hall–Kier alpha value is -0.570. The van der Waals surface area contributed by atoms with Gasteiger partial charge in [-0.25, -0.2) is 0 Å². The van der Waals surface area contributed by atoms with Gasteiger partial charge in [0.1, 0.15) is 6.04 Å². The molecule has 0 amide bonds. The van der Waals surface area contributed by atoms with E-state index in [1.807, 2.05) is 6.92 Å². The fraction of sp³-hybridized carbons (Fsp3) is 0.923. The van der Waals surface area contributed by atoms with Crippen molar-refractivity contribution in [3.05, 3.63) is 0 Å². The summed E-state index contributed by atoms with van der Waals surface area (Å²) in [5.74, 6) is 0.754. The second-order valence-corrected chi connectivity index (χ2v) is 5.40. The number of hydrogen-bond donors (Lipinski definition) is 1. The van der Waals surface area contributed by atoms with Gasteiger partial charge >= 0.3 is 5.97 Å². The molecule has 0 aromatic heterocycles. The normalized spacial score (nSPS) is 24.6. The molecular weight excluding hydrogens is 202 g/mol. The van der Waals surface area contributed by atoms with Crippen LogP contribution in [0.5, 0.6) is 0 Å². The van der Waals surface area contributed by atoms with Crippen molar-refractivity contribution in [2.45, 2.75) is 52.5 Å². The molecule has 1 saturated heterocycles. The molecule has 2 unspecified atom stereocenters. The largest absolute Gasteiger partial charge is 0.480 e. The fourth-order valence-corrected chi connectivity index (χ4v) is 2.83. The van der Waals surface area contributed by atoms with Gasteiger partial charge in [0, 0.05) is 6.54 Å². The summed E-state index contributed by atoms with van der Waals surface area (Å²) in [7, 11) is 0. The van der Waals surface area contributed by atoms with E-state index >= 15 is 0 Å². The molecule has 0 aromatic rings. The number of carboxylic acids is 1. The fourth-order valence-electron chi connectivity index (χ4n) is 2.83. The first kappa shape index (κ1) is 13.5. The topological polar surface area (TPSA) is 40.5 Å². The van der Waals surface area contributed by atoms with Crippen LogP contribution in [-0.2, 0) is 4.79 Å². The maximum Gasteiger partial charge on any atom is 0.320 e. The third-order valence-electron chi connectivity index (χ3n) is 3.47. The standard InChI is InChI=1S/C13H25NO2/c1-4-12(13(15)16)14-7-5-6-11(9-14)8-10(2)3/h10-12H,4-9H2,1-3H3,(H,15,16). The summed E-state index contributed by atoms with van der Waals surface area (Å²) in [5.41, 5.74) is 0. The second-order valence-electron chi connectivity index (χ2n) is 5.40. The lowest BCUT2D eigenvalue weighted by molar-refractivity contribution is -0.144. The van der Waals surface area contributed by atoms with Crippen LogP contribution in [-0.4, -0.2) is 35.1 Å². The van der Waals surface area contributed by atoms with Crippen LogP contribution < -0.4 is 0 Å². The lowest BCUT2D eigenvalue weighted by atomic mass is 9.89. The number of likely N-dealkylation sites (tertiary alicyclic amines) is 1. The molecular formula is C13H25NO2. The number of piperidine rings is 1. The Labute approximate surface area is 98.8 Å². The van der Waals surface area contributed by atoms with E-state index in [-0.39, 0.29) is 6.04 Å². The van der Waals surface area contributed by atoms with Gasteiger partial charge in [-0.1, -0.05) is 20.8 Å². The quantitative estimate of drug-likeness (QED) is 0.785. The van der Waals surface area contributed by atoms with E-state index in [1.165, 1.54) is 12.8 Å². The Morgan fingerprint density at radius 1 is 1.50 bits per heavy atom. The molecule has 0 aromatic carbocycles. The van der Waals surface area contributed by atoms with Crippen molar-refractivity contribution in [2.24, 2.45) is 11.8 Å². The predicted octanol–water partition coefficient (Wildman–Crippen LogP) is 2.61. The molecule has 1 aliphatic rings. The highest BCUT2D eigenvalue weighted by molar-refractivity contribution is 5.73. The molecule has 3 nitrogen and oxygen atoms in total. The summed E-state index contributed by atoms with van der Waals surface area (Å²) < 4.78 is 0. The minimum Gasteiger partial charge on any atom is -0.480 e. The summed E-state index contributed by atoms with van der Waals surface area (Å²) in [5, 5.41) is 9.15. The summed E-state index contributed by atoms with van der Waals surface area (Å²) in [6.07, 6.45) is 4.36. The molecule has 0 radical (unpaired) electrons. The highest BCUT2D eigenvalue weighted by Crippen LogP contribution is 2.25. The van der Waals surface area contributed by atoms with Crippen LogP contribution in [0, 0.1) is 11.8 Å². The Balaban J connectivity index is 2.51. The Bertz CT molecular complexity index is 228. The third kappa shape index (κ3) is 3.78. The van der Waals surface area contributed by atoms with E-state index < -0.39 is 5.97 Å². The molecule has 2 atom stereocenters. The molecule has 16 heavy (non-hydrogen) atoms. The molecule has 1 heterocycles. The predicted molar refractivity (Wildman–Crippen MR) is 65.5 cm³/mol. The van der Waals surface area contributed by atoms with Gasteiger partial charge in [-0.2, -0.15) is 0 Å². The van der Waals surface area contributed by atoms with E-state index in [0.29, 0.717) is 12.3 Å². The average Bonchev–Trinajstić information content (AvgIpc) is 2.17. The van der Waals surface area contributed by atoms with Gasteiger partial charge in [-0.05, 0) is 44.1 Å². The van der Waals surface area contributed by atoms with Crippen LogP contribution in [0.1, 0.15) is 46.5 Å². The van der Waals surface area contributed by atoms with E-state index in [0.717, 1.165) is 25.4 Å². The smallest absolute Gasteiger partial charge is 0.320 e. The molecule has 94 valence electrons. The van der Waals surface area contributed by atoms with Crippen molar-refractivity contribution in [1.82, 2.24) is 4.90 Å². The minimum absolute atomic E-state index is 0.269. The maximum atomic E-state index is 11.1. The van der Waals surface area contributed by atoms with Gasteiger partial charge < -0.3 is 5.11 Å². The molecule has 3 heteroatoms. The zero-order valence-corrected chi connectivity index (χ0v) is 10.8. The van der Waals surface area contributed by atoms with Crippen LogP contribution in [0.4, 0.5) is 0 Å². The van der Waals surface area contributed by atoms with Crippen LogP contribution in [0.15, 0.2) is 0 Å². The average molecular weight is 227 g/mol. The Kier molecular flexibility index (Phi) is 5.26. The van der Waals surface area contributed by atoms with Gasteiger partial charge in [0.05, 0.1) is 0 Å². The first-order valence-corrected chi connectivity index (χ1v) is 6.51. The lowest BCUT2D eigenvalue weighted by Gasteiger charge is -2.36. The summed E-state index contributed by atoms with van der Waals surface area (Å²) in [6.45, 7) is 8.38. The highest BCUT2D eigenvalue weighted by Gasteiger charge is 2.29. The Morgan fingerprint density at radius 3 is 2.69 bits per heavy atom. The zero-order valence-electron chi connectivity index (χ0n) is 10.8. The summed E-state index contributed by atoms with van der Waals surface area (Å²) in [4.78, 5) is 13.3. The van der Waals surface area contributed by atoms with Crippen molar-refractivity contribution < 1.29 is 9.90 Å². The molecule has 1 rings (SSSR count). The molecule has 0 saturated carbocycles. The molecule has 1 N–H and O–H groups in total. The molecule has 1 fully saturated rings. The number of hydrogen-bond acceptors (Lipinski definition) is 2. The van der Waals surface area contributed by atoms with Crippen molar-refractivity contribution in [1.29, 1.82) is 0 Å². The van der Waals surface area contributed by atoms with Crippen LogP contribution in [0.3, 0.4) is 0 Å². The van der Waals surface area contributed by atoms with Gasteiger partial charge in [-0.15, -0.1) is 0 Å². The van der Waals surface area contributed by atoms with E-state index in [4.69, 9.17) is 5.11 Å². The third-order valence-corrected chi connectivity index (χ3v) is 3.47. The Morgan fingerprint density at radius 2 is 2.19 bits per heavy atom. The summed E-state index contributed by atoms with van der Waals surface area (Å²) >= 11 is 0. The van der Waals surface area contributed by atoms with Crippen LogP contribution in [0.25, 0.3) is 0 Å². The van der Waals surface area contributed by atoms with E-state index in [1.54, 1.807) is 0 Å². The lowest BCUT2D eigenvalue weighted by Crippen LogP contribution is -2.46. The molecule has 0 aliphatic carbocycles. The van der Waals surface area contributed by atoms with Crippen LogP contribution in [0.2, 0.25) is 0 Å². The van der Waals surface area contributed by atoms with Crippen molar-refractivity contribution in [3.8, 4) is 0 Å². The number of carbonyl (C=O) groups is 1. The van der Waals surface area contributed by atoms with Crippen molar-refractivity contribution in [3.63, 3.8) is 0 Å². The van der Waals surface area contributed by atoms with Crippen LogP contribution >= 0.6 is 0 Å². The van der Waals surface area contributed by atoms with Gasteiger partial charge in [0.2, 0.25) is 0 Å². The van der Waals surface area contributed by atoms with Gasteiger partial charge in [0.25, 0.3) is 0 Å². The number of aliphatic carboxylic acids is 1. The second kappa shape index (κ2) is 6.24. The molecule has 0 bridgehead atoms. The zero-order chi connectivity index (χ0) is 12.1. The van der Waals surface area contributed by atoms with Crippen molar-refractivity contribution in [2.75, 3.05) is 13.1 Å². The van der Waals surface area contributed by atoms with Gasteiger partial charge in [0.15, 0.2) is 0 Å². The van der Waals surface area contributed by atoms with Crippen molar-refractivity contribution >= 4 is 5.97 Å². The first-order chi connectivity index (χ1) is 7.54. The number of nitrogens with zero attached hydrogens (tertiary/aromatic N) is 1. The monoisotopic (exact) mass is 227 g/mol. The number of carboxylic acid groups (broad SMARTS) is 1. The van der Waals surface area contributed by atoms with E-state index in [2.05, 4.69) is 18.7 Å². The minimum atomic E-state index is -0.660. The highest BCUT2D eigenvalue weighted by atomic mass is 16.4. The molecule has 1 aliphatic heterocycles. The summed E-state index contributed by atoms with van der Waals surface area (Å²) in [6, 6.07) is -0.269. The maximum absolute atomic E-state index is 11.1. The SMILES string of the molecule is CCC(C(=O)O)N1CCCC(CC(C)C)C1. The number of rotatable bonds is 5. The molecule has 0 spiro atoms. The van der Waals surface area contributed by atoms with Gasteiger partial charge in [-0.3, -0.25) is 9.69 Å².